The van der Waals surface area contributed by atoms with Gasteiger partial charge in [-0.15, -0.1) is 11.3 Å². The Hall–Kier alpha value is -2.27. The number of hydrogen-bond donors (Lipinski definition) is 1. The Kier molecular flexibility index (Phi) is 5.10. The van der Waals surface area contributed by atoms with Crippen molar-refractivity contribution in [3.05, 3.63) is 46.8 Å². The molecule has 1 amide bonds. The largest absolute Gasteiger partial charge is 0.304 e. The molecule has 0 aliphatic carbocycles. The lowest BCUT2D eigenvalue weighted by Gasteiger charge is -2.34. The molecule has 1 aromatic carbocycles. The fourth-order valence-corrected chi connectivity index (χ4v) is 4.38. The van der Waals surface area contributed by atoms with Crippen molar-refractivity contribution in [2.75, 3.05) is 7.05 Å². The molecule has 1 aliphatic heterocycles. The van der Waals surface area contributed by atoms with Crippen LogP contribution in [0.3, 0.4) is 0 Å². The zero-order valence-corrected chi connectivity index (χ0v) is 16.3. The van der Waals surface area contributed by atoms with Gasteiger partial charge in [0, 0.05) is 30.2 Å². The van der Waals surface area contributed by atoms with E-state index in [2.05, 4.69) is 25.1 Å². The predicted octanol–water partition coefficient (Wildman–Crippen LogP) is 4.89. The van der Waals surface area contributed by atoms with Crippen molar-refractivity contribution in [3.8, 4) is 10.4 Å². The monoisotopic (exact) mass is 368 g/mol. The highest BCUT2D eigenvalue weighted by molar-refractivity contribution is 7.17. The van der Waals surface area contributed by atoms with Gasteiger partial charge in [-0.3, -0.25) is 15.0 Å². The highest BCUT2D eigenvalue weighted by Crippen LogP contribution is 2.38. The van der Waals surface area contributed by atoms with Crippen LogP contribution in [0.5, 0.6) is 0 Å². The van der Waals surface area contributed by atoms with Crippen LogP contribution in [0, 0.1) is 5.41 Å². The molecule has 0 saturated carbocycles. The summed E-state index contributed by atoms with van der Waals surface area (Å²) in [5, 5.41) is 7.96. The van der Waals surface area contributed by atoms with E-state index in [1.54, 1.807) is 14.0 Å². The number of likely N-dealkylation sites (tertiary alicyclic amines) is 1. The fraction of sp³-hybridized carbons (Fsp3) is 0.381. The van der Waals surface area contributed by atoms with Crippen molar-refractivity contribution < 1.29 is 9.59 Å². The van der Waals surface area contributed by atoms with Crippen LogP contribution in [-0.2, 0) is 10.2 Å². The summed E-state index contributed by atoms with van der Waals surface area (Å²) in [6.45, 7) is 3.73. The fourth-order valence-electron chi connectivity index (χ4n) is 3.48. The summed E-state index contributed by atoms with van der Waals surface area (Å²) in [5.41, 5.74) is 1.97. The van der Waals surface area contributed by atoms with Gasteiger partial charge in [0.05, 0.1) is 4.88 Å². The van der Waals surface area contributed by atoms with Crippen LogP contribution in [0.15, 0.2) is 36.4 Å². The molecule has 1 fully saturated rings. The normalized spacial score (nSPS) is 21.4. The minimum atomic E-state index is -0.247. The van der Waals surface area contributed by atoms with Crippen LogP contribution in [0.25, 0.3) is 10.4 Å². The summed E-state index contributed by atoms with van der Waals surface area (Å²) in [5.74, 6) is 0.485. The molecule has 0 bridgehead atoms. The SMILES string of the molecule is CC(=O)c1ccc(-c2cccc([C@@]3(C)CCCC(=N)N(C)C(=O)C3)c2)s1. The molecule has 0 radical (unpaired) electrons. The second-order valence-electron chi connectivity index (χ2n) is 7.29. The van der Waals surface area contributed by atoms with E-state index in [1.807, 2.05) is 18.2 Å². The summed E-state index contributed by atoms with van der Waals surface area (Å²) in [6.07, 6.45) is 2.80. The molecule has 3 rings (SSSR count). The number of amides is 1. The van der Waals surface area contributed by atoms with Gasteiger partial charge in [0.15, 0.2) is 5.78 Å². The van der Waals surface area contributed by atoms with Gasteiger partial charge in [-0.05, 0) is 49.1 Å². The van der Waals surface area contributed by atoms with Gasteiger partial charge in [-0.2, -0.15) is 0 Å². The minimum Gasteiger partial charge on any atom is -0.304 e. The lowest BCUT2D eigenvalue weighted by molar-refractivity contribution is -0.128. The Labute approximate surface area is 158 Å². The summed E-state index contributed by atoms with van der Waals surface area (Å²) in [6, 6.07) is 12.2. The number of benzene rings is 1. The minimum absolute atomic E-state index is 0.00223. The maximum atomic E-state index is 12.5. The van der Waals surface area contributed by atoms with Crippen LogP contribution in [0.4, 0.5) is 0 Å². The average Bonchev–Trinajstić information content (AvgIpc) is 3.10. The van der Waals surface area contributed by atoms with E-state index in [0.29, 0.717) is 18.7 Å². The van der Waals surface area contributed by atoms with Crippen LogP contribution in [0.1, 0.15) is 54.8 Å². The van der Waals surface area contributed by atoms with E-state index in [0.717, 1.165) is 33.7 Å². The topological polar surface area (TPSA) is 61.2 Å². The quantitative estimate of drug-likeness (QED) is 0.785. The molecule has 4 nitrogen and oxygen atoms in total. The van der Waals surface area contributed by atoms with E-state index in [-0.39, 0.29) is 17.1 Å². The van der Waals surface area contributed by atoms with E-state index in [9.17, 15) is 9.59 Å². The standard InChI is InChI=1S/C21H24N2O2S/c1-14(24)17-9-10-18(26-17)15-6-4-7-16(12-15)21(2)11-5-8-19(22)23(3)20(25)13-21/h4,6-7,9-10,12,22H,5,8,11,13H2,1-3H3/t21-/m0/s1. The first-order valence-electron chi connectivity index (χ1n) is 8.86. The molecular weight excluding hydrogens is 344 g/mol. The van der Waals surface area contributed by atoms with Crippen LogP contribution in [0.2, 0.25) is 0 Å². The van der Waals surface area contributed by atoms with Crippen molar-refractivity contribution in [2.45, 2.75) is 44.9 Å². The van der Waals surface area contributed by atoms with Gasteiger partial charge in [-0.1, -0.05) is 25.1 Å². The average molecular weight is 369 g/mol. The highest BCUT2D eigenvalue weighted by atomic mass is 32.1. The number of carbonyl (C=O) groups is 2. The third-order valence-corrected chi connectivity index (χ3v) is 6.49. The van der Waals surface area contributed by atoms with Gasteiger partial charge in [-0.25, -0.2) is 0 Å². The second-order valence-corrected chi connectivity index (χ2v) is 8.38. The van der Waals surface area contributed by atoms with E-state index >= 15 is 0 Å². The molecule has 1 aliphatic rings. The van der Waals surface area contributed by atoms with Gasteiger partial charge in [0.2, 0.25) is 5.91 Å². The van der Waals surface area contributed by atoms with Crippen LogP contribution < -0.4 is 0 Å². The first kappa shape index (κ1) is 18.5. The van der Waals surface area contributed by atoms with Gasteiger partial charge < -0.3 is 4.90 Å². The number of amidine groups is 1. The van der Waals surface area contributed by atoms with E-state index in [1.165, 1.54) is 16.2 Å². The van der Waals surface area contributed by atoms with Crippen LogP contribution >= 0.6 is 11.3 Å². The molecule has 2 aromatic rings. The predicted molar refractivity (Wildman–Crippen MR) is 106 cm³/mol. The molecule has 0 spiro atoms. The smallest absolute Gasteiger partial charge is 0.228 e. The number of rotatable bonds is 3. The lowest BCUT2D eigenvalue weighted by atomic mass is 9.74. The van der Waals surface area contributed by atoms with E-state index < -0.39 is 0 Å². The first-order chi connectivity index (χ1) is 12.3. The Bertz CT molecular complexity index is 870. The first-order valence-corrected chi connectivity index (χ1v) is 9.67. The second kappa shape index (κ2) is 7.16. The zero-order chi connectivity index (χ0) is 18.9. The Balaban J connectivity index is 1.93. The highest BCUT2D eigenvalue weighted by Gasteiger charge is 2.33. The van der Waals surface area contributed by atoms with Crippen molar-refractivity contribution in [1.82, 2.24) is 4.90 Å². The molecule has 2 heterocycles. The lowest BCUT2D eigenvalue weighted by Crippen LogP contribution is -2.40. The Morgan fingerprint density at radius 2 is 2.04 bits per heavy atom. The van der Waals surface area contributed by atoms with E-state index in [4.69, 9.17) is 5.41 Å². The van der Waals surface area contributed by atoms with Crippen molar-refractivity contribution in [2.24, 2.45) is 0 Å². The summed E-state index contributed by atoms with van der Waals surface area (Å²) in [4.78, 5) is 27.4. The summed E-state index contributed by atoms with van der Waals surface area (Å²) in [7, 11) is 1.70. The number of thiophene rings is 1. The van der Waals surface area contributed by atoms with Crippen LogP contribution in [-0.4, -0.2) is 29.5 Å². The molecule has 1 saturated heterocycles. The molecule has 1 atom stereocenters. The van der Waals surface area contributed by atoms with Gasteiger partial charge >= 0.3 is 0 Å². The number of hydrogen-bond acceptors (Lipinski definition) is 4. The number of nitrogens with one attached hydrogen (secondary N) is 1. The maximum Gasteiger partial charge on any atom is 0.228 e. The van der Waals surface area contributed by atoms with Crippen molar-refractivity contribution in [1.29, 1.82) is 5.41 Å². The molecular formula is C21H24N2O2S. The molecule has 1 N–H and O–H groups in total. The third kappa shape index (κ3) is 3.63. The zero-order valence-electron chi connectivity index (χ0n) is 15.5. The van der Waals surface area contributed by atoms with Gasteiger partial charge in [0.25, 0.3) is 0 Å². The van der Waals surface area contributed by atoms with Gasteiger partial charge in [0.1, 0.15) is 5.84 Å². The number of Topliss-reactive ketones (excluding diaryl/α,β-unsaturated/α-hetero) is 1. The third-order valence-electron chi connectivity index (χ3n) is 5.26. The summed E-state index contributed by atoms with van der Waals surface area (Å²) < 4.78 is 0. The molecule has 0 unspecified atom stereocenters. The molecule has 5 heteroatoms. The number of nitrogens with zero attached hydrogens (tertiary/aromatic N) is 1. The number of ketones is 1. The number of carbonyl (C=O) groups excluding carboxylic acids is 2. The van der Waals surface area contributed by atoms with Crippen molar-refractivity contribution >= 4 is 28.9 Å². The van der Waals surface area contributed by atoms with Crippen molar-refractivity contribution in [3.63, 3.8) is 0 Å². The summed E-state index contributed by atoms with van der Waals surface area (Å²) >= 11 is 1.50. The molecule has 136 valence electrons. The molecule has 1 aromatic heterocycles. The maximum absolute atomic E-state index is 12.5. The Morgan fingerprint density at radius 1 is 1.27 bits per heavy atom. The molecule has 26 heavy (non-hydrogen) atoms. The Morgan fingerprint density at radius 3 is 2.73 bits per heavy atom.